The Morgan fingerprint density at radius 2 is 1.96 bits per heavy atom. The van der Waals surface area contributed by atoms with Gasteiger partial charge in [-0.25, -0.2) is 0 Å². The van der Waals surface area contributed by atoms with E-state index in [9.17, 15) is 9.59 Å². The summed E-state index contributed by atoms with van der Waals surface area (Å²) in [6, 6.07) is 8.14. The van der Waals surface area contributed by atoms with Crippen molar-refractivity contribution in [1.82, 2.24) is 15.1 Å². The Morgan fingerprint density at radius 3 is 2.73 bits per heavy atom. The predicted octanol–water partition coefficient (Wildman–Crippen LogP) is 2.98. The first-order valence-corrected chi connectivity index (χ1v) is 10.3. The van der Waals surface area contributed by atoms with E-state index in [1.54, 1.807) is 0 Å². The molecule has 26 heavy (non-hydrogen) atoms. The van der Waals surface area contributed by atoms with E-state index in [-0.39, 0.29) is 18.4 Å². The van der Waals surface area contributed by atoms with Gasteiger partial charge in [0, 0.05) is 29.2 Å². The molecule has 1 unspecified atom stereocenters. The minimum atomic E-state index is -0.278. The second-order valence-corrected chi connectivity index (χ2v) is 8.38. The first-order chi connectivity index (χ1) is 12.6. The molecule has 0 bridgehead atoms. The maximum atomic E-state index is 12.5. The number of benzene rings is 1. The third-order valence-electron chi connectivity index (χ3n) is 5.31. The van der Waals surface area contributed by atoms with Gasteiger partial charge < -0.3 is 10.2 Å². The van der Waals surface area contributed by atoms with Gasteiger partial charge in [-0.15, -0.1) is 11.3 Å². The maximum absolute atomic E-state index is 12.5. The number of hydrogen-bond acceptors (Lipinski definition) is 4. The second-order valence-electron chi connectivity index (χ2n) is 6.95. The summed E-state index contributed by atoms with van der Waals surface area (Å²) in [7, 11) is 0. The molecule has 7 heteroatoms. The van der Waals surface area contributed by atoms with Crippen molar-refractivity contribution >= 4 is 44.8 Å². The van der Waals surface area contributed by atoms with Gasteiger partial charge in [0.05, 0.1) is 11.6 Å². The second kappa shape index (κ2) is 7.55. The molecule has 138 valence electrons. The smallest absolute Gasteiger partial charge is 0.263 e. The van der Waals surface area contributed by atoms with Gasteiger partial charge in [0.15, 0.2) is 0 Å². The van der Waals surface area contributed by atoms with Gasteiger partial charge in [-0.05, 0) is 38.4 Å². The van der Waals surface area contributed by atoms with Crippen LogP contribution in [0.2, 0.25) is 5.02 Å². The molecule has 1 atom stereocenters. The maximum Gasteiger partial charge on any atom is 0.263 e. The molecular formula is C19H22ClN3O2S. The highest BCUT2D eigenvalue weighted by Gasteiger charge is 2.31. The van der Waals surface area contributed by atoms with Gasteiger partial charge in [-0.1, -0.05) is 29.8 Å². The SMILES string of the molecule is O=C(NCC(=O)N1CCC(N2CCCC2)C1)c1sc2ccccc2c1Cl. The third-order valence-corrected chi connectivity index (χ3v) is 6.99. The molecule has 3 heterocycles. The van der Waals surface area contributed by atoms with Crippen LogP contribution in [0.15, 0.2) is 24.3 Å². The van der Waals surface area contributed by atoms with Gasteiger partial charge in [-0.3, -0.25) is 14.5 Å². The van der Waals surface area contributed by atoms with Crippen LogP contribution in [0.4, 0.5) is 0 Å². The average Bonchev–Trinajstić information content (AvgIpc) is 3.39. The quantitative estimate of drug-likeness (QED) is 0.871. The van der Waals surface area contributed by atoms with Gasteiger partial charge >= 0.3 is 0 Å². The number of carbonyl (C=O) groups is 2. The summed E-state index contributed by atoms with van der Waals surface area (Å²) in [5, 5.41) is 4.09. The molecule has 2 saturated heterocycles. The van der Waals surface area contributed by atoms with Crippen molar-refractivity contribution in [3.8, 4) is 0 Å². The Hall–Kier alpha value is -1.63. The van der Waals surface area contributed by atoms with E-state index in [1.807, 2.05) is 29.2 Å². The van der Waals surface area contributed by atoms with Crippen molar-refractivity contribution in [3.05, 3.63) is 34.2 Å². The number of thiophene rings is 1. The number of hydrogen-bond donors (Lipinski definition) is 1. The molecule has 0 saturated carbocycles. The van der Waals surface area contributed by atoms with E-state index < -0.39 is 0 Å². The van der Waals surface area contributed by atoms with Crippen LogP contribution >= 0.6 is 22.9 Å². The van der Waals surface area contributed by atoms with Crippen molar-refractivity contribution in [2.45, 2.75) is 25.3 Å². The summed E-state index contributed by atoms with van der Waals surface area (Å²) in [6.45, 7) is 3.87. The van der Waals surface area contributed by atoms with E-state index in [0.717, 1.165) is 42.7 Å². The molecule has 0 aliphatic carbocycles. The van der Waals surface area contributed by atoms with E-state index in [1.165, 1.54) is 24.2 Å². The predicted molar refractivity (Wildman–Crippen MR) is 105 cm³/mol. The van der Waals surface area contributed by atoms with Crippen LogP contribution in [0, 0.1) is 0 Å². The Morgan fingerprint density at radius 1 is 1.19 bits per heavy atom. The summed E-state index contributed by atoms with van der Waals surface area (Å²) in [6.07, 6.45) is 3.55. The van der Waals surface area contributed by atoms with Crippen LogP contribution < -0.4 is 5.32 Å². The zero-order valence-corrected chi connectivity index (χ0v) is 16.1. The van der Waals surface area contributed by atoms with Crippen LogP contribution in [0.1, 0.15) is 28.9 Å². The summed E-state index contributed by atoms with van der Waals surface area (Å²) < 4.78 is 0.974. The highest BCUT2D eigenvalue weighted by Crippen LogP contribution is 2.34. The Balaban J connectivity index is 1.34. The van der Waals surface area contributed by atoms with Crippen molar-refractivity contribution in [1.29, 1.82) is 0 Å². The third kappa shape index (κ3) is 3.46. The number of likely N-dealkylation sites (tertiary alicyclic amines) is 2. The Kier molecular flexibility index (Phi) is 5.16. The molecular weight excluding hydrogens is 370 g/mol. The number of carbonyl (C=O) groups excluding carboxylic acids is 2. The molecule has 0 spiro atoms. The lowest BCUT2D eigenvalue weighted by atomic mass is 10.2. The van der Waals surface area contributed by atoms with Crippen molar-refractivity contribution in [2.75, 3.05) is 32.7 Å². The number of amides is 2. The molecule has 2 amide bonds. The Labute approximate surface area is 161 Å². The highest BCUT2D eigenvalue weighted by atomic mass is 35.5. The summed E-state index contributed by atoms with van der Waals surface area (Å²) in [5.74, 6) is -0.294. The number of halogens is 1. The van der Waals surface area contributed by atoms with Crippen molar-refractivity contribution in [2.24, 2.45) is 0 Å². The van der Waals surface area contributed by atoms with Crippen molar-refractivity contribution in [3.63, 3.8) is 0 Å². The van der Waals surface area contributed by atoms with Crippen LogP contribution in [-0.2, 0) is 4.79 Å². The standard InChI is InChI=1S/C19H22ClN3O2S/c20-17-14-5-1-2-6-15(14)26-18(17)19(25)21-11-16(24)23-10-7-13(12-23)22-8-3-4-9-22/h1-2,5-6,13H,3-4,7-12H2,(H,21,25). The number of nitrogens with zero attached hydrogens (tertiary/aromatic N) is 2. The first-order valence-electron chi connectivity index (χ1n) is 9.10. The zero-order chi connectivity index (χ0) is 18.1. The first kappa shape index (κ1) is 17.8. The topological polar surface area (TPSA) is 52.7 Å². The fraction of sp³-hybridized carbons (Fsp3) is 0.474. The summed E-state index contributed by atoms with van der Waals surface area (Å²) in [5.41, 5.74) is 0. The fourth-order valence-electron chi connectivity index (χ4n) is 3.88. The van der Waals surface area contributed by atoms with Gasteiger partial charge in [-0.2, -0.15) is 0 Å². The molecule has 1 aromatic heterocycles. The van der Waals surface area contributed by atoms with Crippen LogP contribution in [0.3, 0.4) is 0 Å². The van der Waals surface area contributed by atoms with Gasteiger partial charge in [0.1, 0.15) is 4.88 Å². The van der Waals surface area contributed by atoms with Crippen LogP contribution in [0.5, 0.6) is 0 Å². The number of nitrogens with one attached hydrogen (secondary N) is 1. The number of fused-ring (bicyclic) bond motifs is 1. The van der Waals surface area contributed by atoms with Crippen LogP contribution in [0.25, 0.3) is 10.1 Å². The molecule has 1 aromatic carbocycles. The van der Waals surface area contributed by atoms with Gasteiger partial charge in [0.25, 0.3) is 5.91 Å². The molecule has 0 radical (unpaired) electrons. The summed E-state index contributed by atoms with van der Waals surface area (Å²) in [4.78, 5) is 29.8. The lowest BCUT2D eigenvalue weighted by Crippen LogP contribution is -2.41. The minimum absolute atomic E-state index is 0.0164. The summed E-state index contributed by atoms with van der Waals surface area (Å²) >= 11 is 7.69. The molecule has 5 nitrogen and oxygen atoms in total. The van der Waals surface area contributed by atoms with Crippen molar-refractivity contribution < 1.29 is 9.59 Å². The number of rotatable bonds is 4. The van der Waals surface area contributed by atoms with Crippen LogP contribution in [-0.4, -0.2) is 60.4 Å². The normalized spacial score (nSPS) is 20.8. The van der Waals surface area contributed by atoms with E-state index >= 15 is 0 Å². The van der Waals surface area contributed by atoms with E-state index in [2.05, 4.69) is 10.2 Å². The van der Waals surface area contributed by atoms with Gasteiger partial charge in [0.2, 0.25) is 5.91 Å². The molecule has 1 N–H and O–H groups in total. The highest BCUT2D eigenvalue weighted by molar-refractivity contribution is 7.21. The Bertz CT molecular complexity index is 831. The molecule has 2 aliphatic heterocycles. The zero-order valence-electron chi connectivity index (χ0n) is 14.5. The van der Waals surface area contributed by atoms with E-state index in [0.29, 0.717) is 15.9 Å². The molecule has 2 fully saturated rings. The average molecular weight is 392 g/mol. The largest absolute Gasteiger partial charge is 0.342 e. The lowest BCUT2D eigenvalue weighted by Gasteiger charge is -2.23. The molecule has 4 rings (SSSR count). The van der Waals surface area contributed by atoms with E-state index in [4.69, 9.17) is 11.6 Å². The fourth-order valence-corrected chi connectivity index (χ4v) is 5.31. The monoisotopic (exact) mass is 391 g/mol. The lowest BCUT2D eigenvalue weighted by molar-refractivity contribution is -0.129. The minimum Gasteiger partial charge on any atom is -0.342 e. The molecule has 2 aliphatic rings. The molecule has 2 aromatic rings.